The Morgan fingerprint density at radius 3 is 2.68 bits per heavy atom. The molecule has 3 aromatic rings. The number of carbonyl (C=O) groups is 1. The Kier molecular flexibility index (Phi) is 5.03. The molecular weight excluding hydrogens is 361 g/mol. The molecule has 1 N–H and O–H groups in total. The lowest BCUT2D eigenvalue weighted by Crippen LogP contribution is -2.32. The molecule has 0 atom stereocenters. The Labute approximate surface area is 161 Å². The van der Waals surface area contributed by atoms with Crippen molar-refractivity contribution in [3.8, 4) is 22.8 Å². The van der Waals surface area contributed by atoms with Crippen LogP contribution >= 0.6 is 0 Å². The zero-order valence-corrected chi connectivity index (χ0v) is 15.4. The fourth-order valence-electron chi connectivity index (χ4n) is 3.16. The van der Waals surface area contributed by atoms with E-state index in [0.717, 1.165) is 11.3 Å². The summed E-state index contributed by atoms with van der Waals surface area (Å²) in [4.78, 5) is 18.4. The molecule has 0 bridgehead atoms. The molecule has 8 heteroatoms. The number of anilines is 1. The molecule has 4 rings (SSSR count). The Morgan fingerprint density at radius 2 is 1.96 bits per heavy atom. The summed E-state index contributed by atoms with van der Waals surface area (Å²) in [6.07, 6.45) is 2.07. The minimum absolute atomic E-state index is 0.0214. The summed E-state index contributed by atoms with van der Waals surface area (Å²) in [5, 5.41) is 7.89. The van der Waals surface area contributed by atoms with Crippen molar-refractivity contribution in [2.45, 2.75) is 6.42 Å². The first-order valence-corrected chi connectivity index (χ1v) is 9.03. The fourth-order valence-corrected chi connectivity index (χ4v) is 3.16. The van der Waals surface area contributed by atoms with E-state index in [0.29, 0.717) is 43.4 Å². The Hall–Kier alpha value is -3.26. The van der Waals surface area contributed by atoms with Crippen molar-refractivity contribution in [2.75, 3.05) is 31.6 Å². The standard InChI is InChI=1S/C20H20FN5O2/c1-28-19-7-6-16(13-23-19)26-17(14-2-4-15(21)5-3-14)12-18(24-26)25-11-10-22-9-8-20(25)27/h2-7,12-13,22H,8-11H2,1H3. The van der Waals surface area contributed by atoms with E-state index in [4.69, 9.17) is 4.74 Å². The molecule has 144 valence electrons. The SMILES string of the molecule is COc1ccc(-n2nc(N3CCNCCC3=O)cc2-c2ccc(F)cc2)cn1. The van der Waals surface area contributed by atoms with Crippen LogP contribution in [0.5, 0.6) is 5.88 Å². The molecule has 0 unspecified atom stereocenters. The molecule has 1 fully saturated rings. The molecule has 0 saturated carbocycles. The van der Waals surface area contributed by atoms with Gasteiger partial charge in [-0.2, -0.15) is 0 Å². The number of halogens is 1. The molecule has 0 radical (unpaired) electrons. The van der Waals surface area contributed by atoms with Gasteiger partial charge in [0.25, 0.3) is 0 Å². The summed E-state index contributed by atoms with van der Waals surface area (Å²) in [5.74, 6) is 0.764. The maximum absolute atomic E-state index is 13.4. The molecule has 28 heavy (non-hydrogen) atoms. The minimum atomic E-state index is -0.310. The summed E-state index contributed by atoms with van der Waals surface area (Å²) >= 11 is 0. The first-order valence-electron chi connectivity index (χ1n) is 9.03. The van der Waals surface area contributed by atoms with E-state index in [1.807, 2.05) is 12.1 Å². The fraction of sp³-hybridized carbons (Fsp3) is 0.250. The molecule has 2 aromatic heterocycles. The van der Waals surface area contributed by atoms with E-state index < -0.39 is 0 Å². The lowest BCUT2D eigenvalue weighted by atomic mass is 10.1. The van der Waals surface area contributed by atoms with Gasteiger partial charge in [0.2, 0.25) is 11.8 Å². The van der Waals surface area contributed by atoms with E-state index >= 15 is 0 Å². The summed E-state index contributed by atoms with van der Waals surface area (Å²) in [6.45, 7) is 1.90. The van der Waals surface area contributed by atoms with Crippen LogP contribution in [0.4, 0.5) is 10.2 Å². The molecule has 0 aliphatic carbocycles. The highest BCUT2D eigenvalue weighted by Crippen LogP contribution is 2.28. The smallest absolute Gasteiger partial charge is 0.229 e. The van der Waals surface area contributed by atoms with E-state index in [1.54, 1.807) is 41.1 Å². The molecule has 1 saturated heterocycles. The number of nitrogens with one attached hydrogen (secondary N) is 1. The number of aromatic nitrogens is 3. The van der Waals surface area contributed by atoms with Gasteiger partial charge in [0.15, 0.2) is 5.82 Å². The van der Waals surface area contributed by atoms with Crippen molar-refractivity contribution in [3.63, 3.8) is 0 Å². The van der Waals surface area contributed by atoms with Gasteiger partial charge < -0.3 is 10.1 Å². The third kappa shape index (κ3) is 3.59. The van der Waals surface area contributed by atoms with E-state index in [9.17, 15) is 9.18 Å². The lowest BCUT2D eigenvalue weighted by molar-refractivity contribution is -0.118. The second-order valence-electron chi connectivity index (χ2n) is 6.41. The van der Waals surface area contributed by atoms with Gasteiger partial charge in [0.05, 0.1) is 24.7 Å². The molecule has 3 heterocycles. The number of ether oxygens (including phenoxy) is 1. The van der Waals surface area contributed by atoms with Crippen molar-refractivity contribution in [3.05, 3.63) is 54.5 Å². The second kappa shape index (κ2) is 7.77. The van der Waals surface area contributed by atoms with Gasteiger partial charge in [-0.3, -0.25) is 9.69 Å². The van der Waals surface area contributed by atoms with Crippen molar-refractivity contribution < 1.29 is 13.9 Å². The van der Waals surface area contributed by atoms with Gasteiger partial charge in [-0.25, -0.2) is 14.1 Å². The average Bonchev–Trinajstić information content (AvgIpc) is 3.04. The van der Waals surface area contributed by atoms with Crippen LogP contribution < -0.4 is 15.0 Å². The maximum Gasteiger partial charge on any atom is 0.229 e. The number of hydrogen-bond acceptors (Lipinski definition) is 5. The number of pyridine rings is 1. The van der Waals surface area contributed by atoms with Gasteiger partial charge >= 0.3 is 0 Å². The predicted molar refractivity (Wildman–Crippen MR) is 103 cm³/mol. The zero-order valence-electron chi connectivity index (χ0n) is 15.4. The number of methoxy groups -OCH3 is 1. The topological polar surface area (TPSA) is 72.3 Å². The van der Waals surface area contributed by atoms with Crippen LogP contribution in [-0.2, 0) is 4.79 Å². The highest BCUT2D eigenvalue weighted by molar-refractivity contribution is 5.93. The van der Waals surface area contributed by atoms with Crippen LogP contribution in [0, 0.1) is 5.82 Å². The summed E-state index contributed by atoms with van der Waals surface area (Å²) < 4.78 is 20.2. The number of hydrogen-bond donors (Lipinski definition) is 1. The first-order chi connectivity index (χ1) is 13.7. The zero-order chi connectivity index (χ0) is 19.5. The number of amides is 1. The first kappa shape index (κ1) is 18.1. The van der Waals surface area contributed by atoms with Gasteiger partial charge in [-0.15, -0.1) is 5.10 Å². The third-order valence-corrected chi connectivity index (χ3v) is 4.62. The van der Waals surface area contributed by atoms with Crippen LogP contribution in [0.15, 0.2) is 48.7 Å². The third-order valence-electron chi connectivity index (χ3n) is 4.62. The maximum atomic E-state index is 13.4. The van der Waals surface area contributed by atoms with Crippen LogP contribution in [-0.4, -0.2) is 47.4 Å². The second-order valence-corrected chi connectivity index (χ2v) is 6.41. The number of nitrogens with zero attached hydrogens (tertiary/aromatic N) is 4. The summed E-state index contributed by atoms with van der Waals surface area (Å²) in [5.41, 5.74) is 2.25. The van der Waals surface area contributed by atoms with E-state index in [1.165, 1.54) is 12.1 Å². The van der Waals surface area contributed by atoms with Crippen molar-refractivity contribution in [1.82, 2.24) is 20.1 Å². The van der Waals surface area contributed by atoms with Crippen molar-refractivity contribution in [1.29, 1.82) is 0 Å². The lowest BCUT2D eigenvalue weighted by Gasteiger charge is -2.16. The predicted octanol–water partition coefficient (Wildman–Crippen LogP) is 2.41. The van der Waals surface area contributed by atoms with Gasteiger partial charge in [-0.05, 0) is 30.3 Å². The normalized spacial score (nSPS) is 14.8. The van der Waals surface area contributed by atoms with Gasteiger partial charge in [0, 0.05) is 43.8 Å². The van der Waals surface area contributed by atoms with Gasteiger partial charge in [-0.1, -0.05) is 0 Å². The van der Waals surface area contributed by atoms with Crippen LogP contribution in [0.2, 0.25) is 0 Å². The number of benzene rings is 1. The van der Waals surface area contributed by atoms with Crippen LogP contribution in [0.25, 0.3) is 16.9 Å². The average molecular weight is 381 g/mol. The Balaban J connectivity index is 1.81. The Bertz CT molecular complexity index is 969. The monoisotopic (exact) mass is 381 g/mol. The van der Waals surface area contributed by atoms with Crippen molar-refractivity contribution in [2.24, 2.45) is 0 Å². The number of rotatable bonds is 4. The van der Waals surface area contributed by atoms with Crippen molar-refractivity contribution >= 4 is 11.7 Å². The highest BCUT2D eigenvalue weighted by atomic mass is 19.1. The molecular formula is C20H20FN5O2. The molecule has 1 amide bonds. The molecule has 7 nitrogen and oxygen atoms in total. The van der Waals surface area contributed by atoms with Crippen LogP contribution in [0.3, 0.4) is 0 Å². The summed E-state index contributed by atoms with van der Waals surface area (Å²) in [6, 6.07) is 11.6. The highest BCUT2D eigenvalue weighted by Gasteiger charge is 2.23. The molecule has 0 spiro atoms. The summed E-state index contributed by atoms with van der Waals surface area (Å²) in [7, 11) is 1.55. The molecule has 1 aliphatic rings. The molecule has 1 aliphatic heterocycles. The van der Waals surface area contributed by atoms with E-state index in [-0.39, 0.29) is 11.7 Å². The quantitative estimate of drug-likeness (QED) is 0.751. The minimum Gasteiger partial charge on any atom is -0.481 e. The largest absolute Gasteiger partial charge is 0.481 e. The van der Waals surface area contributed by atoms with Gasteiger partial charge in [0.1, 0.15) is 5.82 Å². The Morgan fingerprint density at radius 1 is 1.14 bits per heavy atom. The van der Waals surface area contributed by atoms with E-state index in [2.05, 4.69) is 15.4 Å². The number of carbonyl (C=O) groups excluding carboxylic acids is 1. The van der Waals surface area contributed by atoms with Crippen LogP contribution in [0.1, 0.15) is 6.42 Å². The molecule has 1 aromatic carbocycles.